The molecule has 0 unspecified atom stereocenters. The summed E-state index contributed by atoms with van der Waals surface area (Å²) in [7, 11) is 0.285. The van der Waals surface area contributed by atoms with Gasteiger partial charge >= 0.3 is 0 Å². The molecule has 0 nitrogen and oxygen atoms in total. The smallest absolute Gasteiger partial charge is 0.0243 e. The van der Waals surface area contributed by atoms with Crippen molar-refractivity contribution in [2.45, 2.75) is 38.7 Å². The van der Waals surface area contributed by atoms with Crippen molar-refractivity contribution in [1.29, 1.82) is 0 Å². The number of rotatable bonds is 1. The Morgan fingerprint density at radius 3 is 2.12 bits per heavy atom. The minimum Gasteiger partial charge on any atom is -0.0744 e. The largest absolute Gasteiger partial charge is 0.0744 e. The van der Waals surface area contributed by atoms with Crippen LogP contribution in [0.4, 0.5) is 0 Å². The molecule has 0 N–H and O–H groups in total. The zero-order valence-electron chi connectivity index (χ0n) is 5.74. The van der Waals surface area contributed by atoms with E-state index in [1.54, 1.807) is 0 Å². The van der Waals surface area contributed by atoms with Gasteiger partial charge in [0.2, 0.25) is 0 Å². The lowest BCUT2D eigenvalue weighted by Gasteiger charge is -2.18. The van der Waals surface area contributed by atoms with Crippen molar-refractivity contribution in [2.24, 2.45) is 0 Å². The molecule has 0 atom stereocenters. The standard InChI is InChI=1S/C7H15Si/c1-8-7-5-3-2-4-6-7/h2-6,8H2,1H3. The molecule has 1 saturated carbocycles. The topological polar surface area (TPSA) is 0 Å². The van der Waals surface area contributed by atoms with E-state index >= 15 is 0 Å². The molecule has 0 aromatic carbocycles. The van der Waals surface area contributed by atoms with Gasteiger partial charge in [-0.15, -0.1) is 0 Å². The average molecular weight is 127 g/mol. The first-order valence-corrected chi connectivity index (χ1v) is 5.89. The zero-order valence-corrected chi connectivity index (χ0v) is 7.16. The van der Waals surface area contributed by atoms with E-state index in [1.807, 2.05) is 5.54 Å². The molecule has 0 aliphatic heterocycles. The summed E-state index contributed by atoms with van der Waals surface area (Å²) in [5.41, 5.74) is 1.94. The summed E-state index contributed by atoms with van der Waals surface area (Å²) >= 11 is 0. The van der Waals surface area contributed by atoms with Gasteiger partial charge in [-0.1, -0.05) is 38.7 Å². The van der Waals surface area contributed by atoms with Gasteiger partial charge in [0.05, 0.1) is 0 Å². The molecule has 1 aliphatic rings. The lowest BCUT2D eigenvalue weighted by atomic mass is 10.0. The van der Waals surface area contributed by atoms with Crippen LogP contribution in [0.25, 0.3) is 0 Å². The van der Waals surface area contributed by atoms with E-state index in [9.17, 15) is 0 Å². The van der Waals surface area contributed by atoms with E-state index < -0.39 is 0 Å². The quantitative estimate of drug-likeness (QED) is 0.470. The summed E-state index contributed by atoms with van der Waals surface area (Å²) in [5, 5.41) is 0. The van der Waals surface area contributed by atoms with Gasteiger partial charge in [-0.25, -0.2) is 0 Å². The Balaban J connectivity index is 2.13. The second-order valence-corrected chi connectivity index (χ2v) is 4.37. The van der Waals surface area contributed by atoms with Gasteiger partial charge in [0.15, 0.2) is 0 Å². The highest BCUT2D eigenvalue weighted by atomic mass is 28.2. The van der Waals surface area contributed by atoms with Crippen LogP contribution in [0.5, 0.6) is 0 Å². The highest BCUT2D eigenvalue weighted by Gasteiger charge is 2.10. The first-order valence-electron chi connectivity index (χ1n) is 3.77. The molecule has 1 aliphatic carbocycles. The van der Waals surface area contributed by atoms with Crippen molar-refractivity contribution in [1.82, 2.24) is 0 Å². The van der Waals surface area contributed by atoms with Gasteiger partial charge in [0, 0.05) is 9.52 Å². The maximum atomic E-state index is 2.42. The van der Waals surface area contributed by atoms with Crippen molar-refractivity contribution >= 4 is 9.52 Å². The SMILES string of the molecule is C[SiH2][C]1CCCCC1. The van der Waals surface area contributed by atoms with Crippen LogP contribution >= 0.6 is 0 Å². The molecule has 0 spiro atoms. The lowest BCUT2D eigenvalue weighted by Crippen LogP contribution is -2.08. The summed E-state index contributed by atoms with van der Waals surface area (Å²) in [6.07, 6.45) is 7.47. The molecule has 1 fully saturated rings. The van der Waals surface area contributed by atoms with E-state index in [4.69, 9.17) is 0 Å². The van der Waals surface area contributed by atoms with E-state index in [-0.39, 0.29) is 9.52 Å². The monoisotopic (exact) mass is 127 g/mol. The predicted octanol–water partition coefficient (Wildman–Crippen LogP) is 1.70. The Bertz CT molecular complexity index is 55.4. The van der Waals surface area contributed by atoms with Gasteiger partial charge in [-0.3, -0.25) is 0 Å². The Labute approximate surface area is 54.5 Å². The van der Waals surface area contributed by atoms with Crippen LogP contribution in [0.3, 0.4) is 0 Å². The molecule has 0 aromatic heterocycles. The molecule has 8 heavy (non-hydrogen) atoms. The fourth-order valence-electron chi connectivity index (χ4n) is 1.41. The van der Waals surface area contributed by atoms with Crippen molar-refractivity contribution in [3.63, 3.8) is 0 Å². The first-order chi connectivity index (χ1) is 3.93. The summed E-state index contributed by atoms with van der Waals surface area (Å²) in [4.78, 5) is 0. The summed E-state index contributed by atoms with van der Waals surface area (Å²) < 4.78 is 0. The average Bonchev–Trinajstić information content (AvgIpc) is 1.90. The van der Waals surface area contributed by atoms with E-state index in [0.717, 1.165) is 0 Å². The van der Waals surface area contributed by atoms with Crippen LogP contribution in [-0.2, 0) is 0 Å². The molecule has 0 heterocycles. The minimum absolute atomic E-state index is 0.285. The Morgan fingerprint density at radius 2 is 1.75 bits per heavy atom. The Hall–Kier alpha value is 0.217. The summed E-state index contributed by atoms with van der Waals surface area (Å²) in [6.45, 7) is 2.42. The lowest BCUT2D eigenvalue weighted by molar-refractivity contribution is 0.573. The molecule has 47 valence electrons. The molecule has 1 radical (unpaired) electrons. The normalized spacial score (nSPS) is 25.1. The minimum atomic E-state index is 0.285. The third-order valence-electron chi connectivity index (χ3n) is 2.06. The second-order valence-electron chi connectivity index (χ2n) is 2.66. The van der Waals surface area contributed by atoms with Crippen molar-refractivity contribution < 1.29 is 0 Å². The van der Waals surface area contributed by atoms with Crippen LogP contribution in [0.1, 0.15) is 32.1 Å². The van der Waals surface area contributed by atoms with Gasteiger partial charge in [0.1, 0.15) is 0 Å². The van der Waals surface area contributed by atoms with Gasteiger partial charge in [-0.05, 0) is 5.54 Å². The second kappa shape index (κ2) is 3.28. The maximum Gasteiger partial charge on any atom is 0.0243 e. The van der Waals surface area contributed by atoms with Crippen LogP contribution in [0.15, 0.2) is 0 Å². The van der Waals surface area contributed by atoms with Crippen molar-refractivity contribution in [3.05, 3.63) is 5.54 Å². The highest BCUT2D eigenvalue weighted by Crippen LogP contribution is 2.23. The third kappa shape index (κ3) is 1.62. The Morgan fingerprint density at radius 1 is 1.12 bits per heavy atom. The van der Waals surface area contributed by atoms with Crippen molar-refractivity contribution in [3.8, 4) is 0 Å². The van der Waals surface area contributed by atoms with Crippen LogP contribution < -0.4 is 0 Å². The number of hydrogen-bond acceptors (Lipinski definition) is 0. The molecule has 1 heteroatoms. The van der Waals surface area contributed by atoms with E-state index in [2.05, 4.69) is 6.55 Å². The molecular formula is C7H15Si. The molecule has 0 amide bonds. The fraction of sp³-hybridized carbons (Fsp3) is 0.857. The van der Waals surface area contributed by atoms with Gasteiger partial charge in [0.25, 0.3) is 0 Å². The Kier molecular flexibility index (Phi) is 2.60. The van der Waals surface area contributed by atoms with Crippen LogP contribution in [0.2, 0.25) is 6.55 Å². The van der Waals surface area contributed by atoms with E-state index in [1.165, 1.54) is 32.1 Å². The highest BCUT2D eigenvalue weighted by molar-refractivity contribution is 6.41. The van der Waals surface area contributed by atoms with Gasteiger partial charge in [-0.2, -0.15) is 0 Å². The first kappa shape index (κ1) is 6.34. The maximum absolute atomic E-state index is 2.42. The zero-order chi connectivity index (χ0) is 5.82. The van der Waals surface area contributed by atoms with Crippen LogP contribution in [-0.4, -0.2) is 9.52 Å². The van der Waals surface area contributed by atoms with E-state index in [0.29, 0.717) is 0 Å². The summed E-state index contributed by atoms with van der Waals surface area (Å²) in [6, 6.07) is 0. The molecule has 0 aromatic rings. The molecule has 0 bridgehead atoms. The summed E-state index contributed by atoms with van der Waals surface area (Å²) in [5.74, 6) is 0. The molecule has 1 rings (SSSR count). The predicted molar refractivity (Wildman–Crippen MR) is 40.7 cm³/mol. The third-order valence-corrected chi connectivity index (χ3v) is 3.77. The van der Waals surface area contributed by atoms with Crippen molar-refractivity contribution in [2.75, 3.05) is 0 Å². The number of hydrogen-bond donors (Lipinski definition) is 0. The molecular weight excluding hydrogens is 112 g/mol. The van der Waals surface area contributed by atoms with Gasteiger partial charge < -0.3 is 0 Å². The van der Waals surface area contributed by atoms with Crippen LogP contribution in [0, 0.1) is 5.54 Å². The molecule has 0 saturated heterocycles. The fourth-order valence-corrected chi connectivity index (χ4v) is 2.61.